The fourth-order valence-electron chi connectivity index (χ4n) is 4.58. The summed E-state index contributed by atoms with van der Waals surface area (Å²) in [6, 6.07) is 19.7. The number of thiazole rings is 1. The average Bonchev–Trinajstić information content (AvgIpc) is 3.71. The molecule has 202 valence electrons. The van der Waals surface area contributed by atoms with Crippen molar-refractivity contribution >= 4 is 38.9 Å². The van der Waals surface area contributed by atoms with Gasteiger partial charge in [0.05, 0.1) is 12.8 Å². The minimum Gasteiger partial charge on any atom is -0.497 e. The molecule has 0 fully saturated rings. The van der Waals surface area contributed by atoms with Gasteiger partial charge in [-0.05, 0) is 53.1 Å². The van der Waals surface area contributed by atoms with E-state index in [-0.39, 0.29) is 16.5 Å². The van der Waals surface area contributed by atoms with Crippen LogP contribution in [0.2, 0.25) is 0 Å². The summed E-state index contributed by atoms with van der Waals surface area (Å²) in [5, 5.41) is 11.3. The number of H-pyrrole nitrogens is 1. The fourth-order valence-corrected chi connectivity index (χ4v) is 5.34. The highest BCUT2D eigenvalue weighted by atomic mass is 32.1. The van der Waals surface area contributed by atoms with Crippen LogP contribution >= 0.6 is 11.3 Å². The number of alkyl halides is 3. The molecule has 1 amide bonds. The second-order valence-corrected chi connectivity index (χ2v) is 9.97. The van der Waals surface area contributed by atoms with Gasteiger partial charge in [0.2, 0.25) is 5.13 Å². The summed E-state index contributed by atoms with van der Waals surface area (Å²) in [5.74, 6) is 0.253. The van der Waals surface area contributed by atoms with Crippen LogP contribution in [-0.4, -0.2) is 39.3 Å². The lowest BCUT2D eigenvalue weighted by molar-refractivity contribution is -0.142. The van der Waals surface area contributed by atoms with Crippen LogP contribution in [0.3, 0.4) is 0 Å². The summed E-state index contributed by atoms with van der Waals surface area (Å²) < 4.78 is 47.9. The van der Waals surface area contributed by atoms with Gasteiger partial charge in [-0.2, -0.15) is 18.3 Å². The third-order valence-corrected chi connectivity index (χ3v) is 7.42. The molecule has 0 aliphatic heterocycles. The number of aromatic amines is 1. The van der Waals surface area contributed by atoms with Gasteiger partial charge < -0.3 is 15.0 Å². The van der Waals surface area contributed by atoms with Crippen molar-refractivity contribution in [3.63, 3.8) is 0 Å². The average molecular weight is 562 g/mol. The number of methoxy groups -OCH3 is 1. The predicted molar refractivity (Wildman–Crippen MR) is 148 cm³/mol. The van der Waals surface area contributed by atoms with E-state index in [2.05, 4.69) is 20.4 Å². The van der Waals surface area contributed by atoms with Crippen LogP contribution in [0.4, 0.5) is 13.2 Å². The van der Waals surface area contributed by atoms with Crippen LogP contribution in [0.5, 0.6) is 5.75 Å². The maximum absolute atomic E-state index is 14.0. The minimum atomic E-state index is -4.67. The number of aromatic nitrogens is 4. The fraction of sp³-hybridized carbons (Fsp3) is 0.138. The van der Waals surface area contributed by atoms with Crippen LogP contribution in [0.25, 0.3) is 38.1 Å². The van der Waals surface area contributed by atoms with Crippen molar-refractivity contribution in [3.05, 3.63) is 95.3 Å². The van der Waals surface area contributed by atoms with Gasteiger partial charge in [0, 0.05) is 34.6 Å². The van der Waals surface area contributed by atoms with E-state index in [0.29, 0.717) is 18.5 Å². The molecule has 0 radical (unpaired) electrons. The molecule has 3 aromatic carbocycles. The molecule has 6 rings (SSSR count). The Labute approximate surface area is 230 Å². The van der Waals surface area contributed by atoms with E-state index in [1.165, 1.54) is 5.38 Å². The predicted octanol–water partition coefficient (Wildman–Crippen LogP) is 6.63. The summed E-state index contributed by atoms with van der Waals surface area (Å²) in [6.07, 6.45) is -2.25. The molecule has 2 N–H and O–H groups in total. The summed E-state index contributed by atoms with van der Waals surface area (Å²) in [5.41, 5.74) is 1.72. The first kappa shape index (κ1) is 25.6. The first-order valence-electron chi connectivity index (χ1n) is 12.3. The van der Waals surface area contributed by atoms with E-state index in [1.807, 2.05) is 54.7 Å². The van der Waals surface area contributed by atoms with Gasteiger partial charge in [0.15, 0.2) is 5.69 Å². The number of halogens is 3. The molecule has 0 atom stereocenters. The molecule has 0 spiro atoms. The Kier molecular flexibility index (Phi) is 6.51. The number of nitrogens with zero attached hydrogens (tertiary/aromatic N) is 3. The summed E-state index contributed by atoms with van der Waals surface area (Å²) in [6.45, 7) is 0.317. The maximum atomic E-state index is 14.0. The molecule has 40 heavy (non-hydrogen) atoms. The zero-order valence-corrected chi connectivity index (χ0v) is 21.9. The highest BCUT2D eigenvalue weighted by molar-refractivity contribution is 7.12. The summed E-state index contributed by atoms with van der Waals surface area (Å²) in [4.78, 5) is 20.1. The topological polar surface area (TPSA) is 84.8 Å². The molecule has 0 bridgehead atoms. The molecular formula is C29H22F3N5O2S. The minimum absolute atomic E-state index is 0.0245. The highest BCUT2D eigenvalue weighted by Crippen LogP contribution is 2.35. The van der Waals surface area contributed by atoms with E-state index in [9.17, 15) is 18.0 Å². The molecule has 3 aromatic heterocycles. The number of carbonyl (C=O) groups excluding carboxylic acids is 1. The first-order valence-corrected chi connectivity index (χ1v) is 13.2. The Morgan fingerprint density at radius 3 is 2.70 bits per heavy atom. The lowest BCUT2D eigenvalue weighted by atomic mass is 10.1. The number of hydrogen-bond donors (Lipinski definition) is 2. The zero-order valence-electron chi connectivity index (χ0n) is 21.1. The number of rotatable bonds is 7. The lowest BCUT2D eigenvalue weighted by Crippen LogP contribution is -2.26. The van der Waals surface area contributed by atoms with Crippen LogP contribution in [-0.2, 0) is 12.6 Å². The standard InChI is InChI=1S/C29H22F3N5O2S/c1-39-21-8-9-23-22(13-21)20(15-34-23)10-11-33-27(38)25-16-40-28(35-25)37-26(29(30,31)32)14-24(36-37)19-7-6-17-4-2-3-5-18(17)12-19/h2-9,12-16,34H,10-11H2,1H3,(H,33,38). The van der Waals surface area contributed by atoms with Crippen LogP contribution in [0.15, 0.2) is 78.3 Å². The second-order valence-electron chi connectivity index (χ2n) is 9.13. The normalized spacial score (nSPS) is 11.8. The number of amides is 1. The SMILES string of the molecule is COc1ccc2[nH]cc(CCNC(=O)c3csc(-n4nc(-c5ccc6ccccc6c5)cc4C(F)(F)F)n3)c2c1. The zero-order chi connectivity index (χ0) is 27.9. The van der Waals surface area contributed by atoms with Gasteiger partial charge >= 0.3 is 6.18 Å². The van der Waals surface area contributed by atoms with Crippen molar-refractivity contribution in [3.8, 4) is 22.1 Å². The van der Waals surface area contributed by atoms with Crippen LogP contribution in [0.1, 0.15) is 21.7 Å². The Hall–Kier alpha value is -4.64. The maximum Gasteiger partial charge on any atom is 0.433 e. The Bertz CT molecular complexity index is 1850. The van der Waals surface area contributed by atoms with Crippen molar-refractivity contribution in [2.45, 2.75) is 12.6 Å². The largest absolute Gasteiger partial charge is 0.497 e. The Morgan fingerprint density at radius 2 is 1.90 bits per heavy atom. The number of benzene rings is 3. The molecule has 0 aliphatic rings. The Morgan fingerprint density at radius 1 is 1.07 bits per heavy atom. The van der Waals surface area contributed by atoms with Crippen molar-refractivity contribution in [1.82, 2.24) is 25.1 Å². The van der Waals surface area contributed by atoms with Gasteiger partial charge in [-0.25, -0.2) is 9.67 Å². The van der Waals surface area contributed by atoms with Crippen molar-refractivity contribution in [2.75, 3.05) is 13.7 Å². The van der Waals surface area contributed by atoms with Crippen molar-refractivity contribution < 1.29 is 22.7 Å². The Balaban J connectivity index is 1.21. The number of ether oxygens (including phenoxy) is 1. The van der Waals surface area contributed by atoms with E-state index in [1.54, 1.807) is 19.2 Å². The monoisotopic (exact) mass is 561 g/mol. The van der Waals surface area contributed by atoms with Crippen LogP contribution in [0, 0.1) is 0 Å². The molecular weight excluding hydrogens is 539 g/mol. The van der Waals surface area contributed by atoms with Gasteiger partial charge in [-0.15, -0.1) is 11.3 Å². The van der Waals surface area contributed by atoms with Gasteiger partial charge in [0.25, 0.3) is 5.91 Å². The smallest absolute Gasteiger partial charge is 0.433 e. The van der Waals surface area contributed by atoms with Crippen LogP contribution < -0.4 is 10.1 Å². The molecule has 0 saturated carbocycles. The van der Waals surface area contributed by atoms with E-state index < -0.39 is 17.8 Å². The molecule has 0 saturated heterocycles. The number of fused-ring (bicyclic) bond motifs is 2. The molecule has 7 nitrogen and oxygen atoms in total. The van der Waals surface area contributed by atoms with E-state index in [0.717, 1.165) is 55.1 Å². The third kappa shape index (κ3) is 4.91. The van der Waals surface area contributed by atoms with Gasteiger partial charge in [0.1, 0.15) is 11.4 Å². The summed E-state index contributed by atoms with van der Waals surface area (Å²) in [7, 11) is 1.60. The molecule has 6 aromatic rings. The molecule has 11 heteroatoms. The quantitative estimate of drug-likeness (QED) is 0.229. The number of carbonyl (C=O) groups is 1. The third-order valence-electron chi connectivity index (χ3n) is 6.61. The van der Waals surface area contributed by atoms with E-state index in [4.69, 9.17) is 4.74 Å². The first-order chi connectivity index (χ1) is 19.3. The highest BCUT2D eigenvalue weighted by Gasteiger charge is 2.37. The lowest BCUT2D eigenvalue weighted by Gasteiger charge is -2.07. The number of nitrogens with one attached hydrogen (secondary N) is 2. The van der Waals surface area contributed by atoms with Crippen molar-refractivity contribution in [1.29, 1.82) is 0 Å². The molecule has 0 aliphatic carbocycles. The number of hydrogen-bond acceptors (Lipinski definition) is 5. The summed E-state index contributed by atoms with van der Waals surface area (Å²) >= 11 is 0.919. The van der Waals surface area contributed by atoms with E-state index >= 15 is 0 Å². The van der Waals surface area contributed by atoms with Gasteiger partial charge in [-0.1, -0.05) is 36.4 Å². The molecule has 0 unspecified atom stereocenters. The second kappa shape index (κ2) is 10.2. The van der Waals surface area contributed by atoms with Gasteiger partial charge in [-0.3, -0.25) is 4.79 Å². The molecule has 3 heterocycles. The van der Waals surface area contributed by atoms with Crippen molar-refractivity contribution in [2.24, 2.45) is 0 Å².